The van der Waals surface area contributed by atoms with Crippen molar-refractivity contribution in [2.45, 2.75) is 32.2 Å². The summed E-state index contributed by atoms with van der Waals surface area (Å²) in [7, 11) is 3.61. The molecule has 0 saturated carbocycles. The van der Waals surface area contributed by atoms with Gasteiger partial charge >= 0.3 is 0 Å². The Hall–Kier alpha value is -3.72. The lowest BCUT2D eigenvalue weighted by molar-refractivity contribution is 0.0818. The van der Waals surface area contributed by atoms with Crippen molar-refractivity contribution in [3.05, 3.63) is 59.5 Å². The number of amides is 1. The van der Waals surface area contributed by atoms with Gasteiger partial charge in [-0.15, -0.1) is 0 Å². The number of anilines is 3. The molecule has 1 atom stereocenters. The largest absolute Gasteiger partial charge is 0.495 e. The highest BCUT2D eigenvalue weighted by molar-refractivity contribution is 6.05. The minimum atomic E-state index is -0.398. The van der Waals surface area contributed by atoms with Crippen molar-refractivity contribution in [3.63, 3.8) is 0 Å². The Kier molecular flexibility index (Phi) is 6.25. The van der Waals surface area contributed by atoms with Gasteiger partial charge in [0.05, 0.1) is 36.4 Å². The monoisotopic (exact) mass is 476 g/mol. The topological polar surface area (TPSA) is 92.7 Å². The summed E-state index contributed by atoms with van der Waals surface area (Å²) >= 11 is 0. The maximum atomic E-state index is 13.2. The molecular formula is C26H32N6O3. The number of nitrogens with one attached hydrogen (secondary N) is 2. The number of fused-ring (bicyclic) bond motifs is 1. The number of hydrogen-bond acceptors (Lipinski definition) is 8. The molecule has 3 N–H and O–H groups in total. The van der Waals surface area contributed by atoms with Crippen LogP contribution in [0.3, 0.4) is 0 Å². The number of methoxy groups -OCH3 is 1. The van der Waals surface area contributed by atoms with Gasteiger partial charge in [-0.25, -0.2) is 4.99 Å². The van der Waals surface area contributed by atoms with Crippen LogP contribution in [-0.2, 0) is 0 Å². The third-order valence-electron chi connectivity index (χ3n) is 6.86. The number of benzene rings is 2. The van der Waals surface area contributed by atoms with Crippen molar-refractivity contribution in [2.24, 2.45) is 4.99 Å². The number of para-hydroxylation sites is 1. The van der Waals surface area contributed by atoms with Crippen molar-refractivity contribution in [1.29, 1.82) is 0 Å². The molecular weight excluding hydrogens is 444 g/mol. The zero-order valence-corrected chi connectivity index (χ0v) is 20.4. The molecule has 2 aromatic rings. The first kappa shape index (κ1) is 23.0. The standard InChI is InChI=1S/C26H32N6O3/c1-4-32-22-16-27-26(30(2)24(22)28-20-8-6-5-7-19(20)25(32)34)29-21-10-9-17(15-23(21)35-3)31-13-11-18(33)12-14-31/h5-10,15-16,18,26,28-29,33H,4,11-14H2,1-3H3. The van der Waals surface area contributed by atoms with Crippen LogP contribution in [0.1, 0.15) is 30.1 Å². The highest BCUT2D eigenvalue weighted by Gasteiger charge is 2.33. The number of carbonyl (C=O) groups excluding carboxylic acids is 1. The number of nitrogens with zero attached hydrogens (tertiary/aromatic N) is 4. The molecule has 3 aliphatic heterocycles. The van der Waals surface area contributed by atoms with Gasteiger partial charge < -0.3 is 35.2 Å². The van der Waals surface area contributed by atoms with Crippen LogP contribution >= 0.6 is 0 Å². The van der Waals surface area contributed by atoms with E-state index in [9.17, 15) is 9.90 Å². The molecule has 3 aliphatic rings. The summed E-state index contributed by atoms with van der Waals surface area (Å²) in [4.78, 5) is 23.9. The molecule has 0 aliphatic carbocycles. The molecule has 2 aromatic carbocycles. The SMILES string of the molecule is CCN1C(=O)c2ccccc2NC2=C1C=NC(Nc1ccc(N3CCC(O)CC3)cc1OC)N2C. The van der Waals surface area contributed by atoms with Gasteiger partial charge in [-0.3, -0.25) is 4.79 Å². The molecule has 0 spiro atoms. The molecule has 0 bridgehead atoms. The fourth-order valence-electron chi connectivity index (χ4n) is 4.82. The van der Waals surface area contributed by atoms with E-state index in [-0.39, 0.29) is 12.0 Å². The number of aliphatic hydroxyl groups excluding tert-OH is 1. The van der Waals surface area contributed by atoms with Crippen LogP contribution in [0.15, 0.2) is 59.0 Å². The third kappa shape index (κ3) is 4.27. The van der Waals surface area contributed by atoms with Gasteiger partial charge in [0.15, 0.2) is 6.29 Å². The van der Waals surface area contributed by atoms with E-state index >= 15 is 0 Å². The second-order valence-corrected chi connectivity index (χ2v) is 8.96. The lowest BCUT2D eigenvalue weighted by Gasteiger charge is -2.36. The van der Waals surface area contributed by atoms with E-state index in [0.29, 0.717) is 12.1 Å². The molecule has 184 valence electrons. The van der Waals surface area contributed by atoms with Gasteiger partial charge in [0.1, 0.15) is 17.3 Å². The van der Waals surface area contributed by atoms with Gasteiger partial charge in [0.25, 0.3) is 5.91 Å². The highest BCUT2D eigenvalue weighted by Crippen LogP contribution is 2.34. The molecule has 9 nitrogen and oxygen atoms in total. The van der Waals surface area contributed by atoms with Crippen molar-refractivity contribution in [2.75, 3.05) is 49.3 Å². The van der Waals surface area contributed by atoms with Crippen LogP contribution in [0, 0.1) is 0 Å². The van der Waals surface area contributed by atoms with E-state index in [1.54, 1.807) is 18.2 Å². The number of hydrogen-bond donors (Lipinski definition) is 3. The molecule has 0 radical (unpaired) electrons. The number of aliphatic imine (C=N–C) groups is 1. The second kappa shape index (κ2) is 9.50. The quantitative estimate of drug-likeness (QED) is 0.611. The van der Waals surface area contributed by atoms with Gasteiger partial charge in [-0.2, -0.15) is 0 Å². The maximum Gasteiger partial charge on any atom is 0.260 e. The van der Waals surface area contributed by atoms with Crippen molar-refractivity contribution >= 4 is 29.2 Å². The Bertz CT molecular complexity index is 1170. The molecule has 5 rings (SSSR count). The Morgan fingerprint density at radius 1 is 1.20 bits per heavy atom. The summed E-state index contributed by atoms with van der Waals surface area (Å²) in [6.07, 6.45) is 2.69. The van der Waals surface area contributed by atoms with Crippen molar-refractivity contribution in [1.82, 2.24) is 9.80 Å². The number of allylic oxidation sites excluding steroid dienone is 1. The molecule has 1 unspecified atom stereocenters. The van der Waals surface area contributed by atoms with Crippen LogP contribution in [-0.4, -0.2) is 73.2 Å². The minimum Gasteiger partial charge on any atom is -0.495 e. The summed E-state index contributed by atoms with van der Waals surface area (Å²) in [5.41, 5.74) is 4.05. The Labute approximate surface area is 205 Å². The van der Waals surface area contributed by atoms with Crippen LogP contribution in [0.4, 0.5) is 17.1 Å². The van der Waals surface area contributed by atoms with Gasteiger partial charge in [0, 0.05) is 38.4 Å². The molecule has 1 fully saturated rings. The maximum absolute atomic E-state index is 13.2. The molecule has 0 aromatic heterocycles. The zero-order valence-electron chi connectivity index (χ0n) is 20.4. The van der Waals surface area contributed by atoms with Crippen molar-refractivity contribution < 1.29 is 14.6 Å². The average Bonchev–Trinajstić information content (AvgIpc) is 3.00. The summed E-state index contributed by atoms with van der Waals surface area (Å²) in [5, 5.41) is 16.8. The van der Waals surface area contributed by atoms with Crippen LogP contribution < -0.4 is 20.3 Å². The lowest BCUT2D eigenvalue weighted by Crippen LogP contribution is -2.44. The van der Waals surface area contributed by atoms with Crippen LogP contribution in [0.25, 0.3) is 0 Å². The molecule has 1 amide bonds. The number of ether oxygens (including phenoxy) is 1. The average molecular weight is 477 g/mol. The summed E-state index contributed by atoms with van der Waals surface area (Å²) in [6, 6.07) is 13.6. The fourth-order valence-corrected chi connectivity index (χ4v) is 4.82. The predicted octanol–water partition coefficient (Wildman–Crippen LogP) is 3.12. The van der Waals surface area contributed by atoms with Gasteiger partial charge in [0.2, 0.25) is 0 Å². The van der Waals surface area contributed by atoms with Crippen molar-refractivity contribution in [3.8, 4) is 5.75 Å². The predicted molar refractivity (Wildman–Crippen MR) is 138 cm³/mol. The first-order chi connectivity index (χ1) is 17.0. The van der Waals surface area contributed by atoms with Crippen LogP contribution in [0.5, 0.6) is 5.75 Å². The zero-order chi connectivity index (χ0) is 24.5. The molecule has 9 heteroatoms. The number of piperidine rings is 1. The first-order valence-corrected chi connectivity index (χ1v) is 12.1. The van der Waals surface area contributed by atoms with Crippen LogP contribution in [0.2, 0.25) is 0 Å². The summed E-state index contributed by atoms with van der Waals surface area (Å²) in [5.74, 6) is 1.48. The Balaban J connectivity index is 1.39. The normalized spacial score (nSPS) is 20.3. The van der Waals surface area contributed by atoms with E-state index in [2.05, 4.69) is 21.6 Å². The first-order valence-electron chi connectivity index (χ1n) is 12.1. The lowest BCUT2D eigenvalue weighted by atomic mass is 10.1. The Morgan fingerprint density at radius 2 is 1.97 bits per heavy atom. The second-order valence-electron chi connectivity index (χ2n) is 8.96. The Morgan fingerprint density at radius 3 is 2.71 bits per heavy atom. The van der Waals surface area contributed by atoms with Gasteiger partial charge in [-0.05, 0) is 44.0 Å². The van der Waals surface area contributed by atoms with Gasteiger partial charge in [-0.1, -0.05) is 12.1 Å². The summed E-state index contributed by atoms with van der Waals surface area (Å²) < 4.78 is 5.71. The molecule has 3 heterocycles. The van der Waals surface area contributed by atoms with E-state index in [0.717, 1.165) is 60.3 Å². The minimum absolute atomic E-state index is 0.0469. The fraction of sp³-hybridized carbons (Fsp3) is 0.385. The third-order valence-corrected chi connectivity index (χ3v) is 6.86. The van der Waals surface area contributed by atoms with E-state index in [4.69, 9.17) is 9.73 Å². The smallest absolute Gasteiger partial charge is 0.260 e. The summed E-state index contributed by atoms with van der Waals surface area (Å²) in [6.45, 7) is 4.14. The molecule has 1 saturated heterocycles. The van der Waals surface area contributed by atoms with E-state index in [1.807, 2.05) is 55.3 Å². The highest BCUT2D eigenvalue weighted by atomic mass is 16.5. The number of carbonyl (C=O) groups is 1. The number of aliphatic hydroxyl groups is 1. The number of rotatable bonds is 5. The van der Waals surface area contributed by atoms with E-state index < -0.39 is 6.29 Å². The van der Waals surface area contributed by atoms with E-state index in [1.165, 1.54) is 0 Å². The molecule has 35 heavy (non-hydrogen) atoms.